The number of rotatable bonds is 8. The van der Waals surface area contributed by atoms with E-state index in [1.54, 1.807) is 18.3 Å². The molecule has 1 aromatic heterocycles. The van der Waals surface area contributed by atoms with Gasteiger partial charge in [0.1, 0.15) is 5.69 Å². The maximum absolute atomic E-state index is 11.7. The molecule has 4 heteroatoms. The quantitative estimate of drug-likeness (QED) is 0.696. The first-order valence-electron chi connectivity index (χ1n) is 6.73. The molecule has 4 nitrogen and oxygen atoms in total. The van der Waals surface area contributed by atoms with Crippen LogP contribution in [0.1, 0.15) is 55.9 Å². The van der Waals surface area contributed by atoms with E-state index in [9.17, 15) is 4.79 Å². The Kier molecular flexibility index (Phi) is 6.84. The van der Waals surface area contributed by atoms with Gasteiger partial charge in [-0.1, -0.05) is 39.0 Å². The number of nitrogens with one attached hydrogen (secondary N) is 1. The topological polar surface area (TPSA) is 68.0 Å². The Morgan fingerprint density at radius 1 is 1.28 bits per heavy atom. The van der Waals surface area contributed by atoms with Crippen molar-refractivity contribution in [3.63, 3.8) is 0 Å². The highest BCUT2D eigenvalue weighted by Crippen LogP contribution is 2.05. The van der Waals surface area contributed by atoms with Crippen LogP contribution in [0, 0.1) is 0 Å². The molecule has 1 amide bonds. The summed E-state index contributed by atoms with van der Waals surface area (Å²) in [6.45, 7) is 2.92. The second kappa shape index (κ2) is 8.50. The van der Waals surface area contributed by atoms with Crippen molar-refractivity contribution < 1.29 is 4.79 Å². The summed E-state index contributed by atoms with van der Waals surface area (Å²) in [7, 11) is 0. The van der Waals surface area contributed by atoms with Gasteiger partial charge in [0.25, 0.3) is 5.91 Å². The fourth-order valence-corrected chi connectivity index (χ4v) is 1.77. The van der Waals surface area contributed by atoms with Crippen LogP contribution in [0.15, 0.2) is 18.3 Å². The first-order valence-corrected chi connectivity index (χ1v) is 6.73. The summed E-state index contributed by atoms with van der Waals surface area (Å²) in [4.78, 5) is 15.7. The highest BCUT2D eigenvalue weighted by Gasteiger charge is 2.05. The van der Waals surface area contributed by atoms with Crippen molar-refractivity contribution in [2.45, 2.75) is 45.4 Å². The number of aromatic nitrogens is 1. The number of nitrogens with zero attached hydrogens (tertiary/aromatic N) is 1. The summed E-state index contributed by atoms with van der Waals surface area (Å²) >= 11 is 0. The molecule has 0 aliphatic heterocycles. The molecule has 18 heavy (non-hydrogen) atoms. The molecule has 1 heterocycles. The third-order valence-corrected chi connectivity index (χ3v) is 2.83. The fourth-order valence-electron chi connectivity index (χ4n) is 1.77. The summed E-state index contributed by atoms with van der Waals surface area (Å²) in [5.74, 6) is -0.143. The minimum atomic E-state index is -0.143. The molecule has 0 saturated carbocycles. The molecule has 0 bridgehead atoms. The number of hydrogen-bond acceptors (Lipinski definition) is 3. The average molecular weight is 249 g/mol. The molecule has 100 valence electrons. The average Bonchev–Trinajstić information content (AvgIpc) is 2.37. The van der Waals surface area contributed by atoms with E-state index in [-0.39, 0.29) is 5.91 Å². The van der Waals surface area contributed by atoms with Gasteiger partial charge in [0.2, 0.25) is 0 Å². The van der Waals surface area contributed by atoms with E-state index in [2.05, 4.69) is 17.2 Å². The number of unbranched alkanes of at least 4 members (excludes halogenated alkanes) is 5. The molecule has 0 atom stereocenters. The molecule has 0 unspecified atom stereocenters. The van der Waals surface area contributed by atoms with Gasteiger partial charge >= 0.3 is 0 Å². The van der Waals surface area contributed by atoms with Crippen molar-refractivity contribution >= 4 is 11.6 Å². The van der Waals surface area contributed by atoms with E-state index in [4.69, 9.17) is 5.73 Å². The van der Waals surface area contributed by atoms with Crippen LogP contribution in [0.2, 0.25) is 0 Å². The Bertz CT molecular complexity index is 366. The third kappa shape index (κ3) is 5.66. The molecule has 0 fully saturated rings. The Hall–Kier alpha value is -1.58. The van der Waals surface area contributed by atoms with Crippen molar-refractivity contribution in [2.75, 3.05) is 12.3 Å². The summed E-state index contributed by atoms with van der Waals surface area (Å²) in [6, 6.07) is 3.26. The molecule has 3 N–H and O–H groups in total. The maximum Gasteiger partial charge on any atom is 0.269 e. The number of carbonyl (C=O) groups is 1. The monoisotopic (exact) mass is 249 g/mol. The number of anilines is 1. The SMILES string of the molecule is CCCCCCCCNC(=O)c1cc(N)ccn1. The molecule has 0 radical (unpaired) electrons. The van der Waals surface area contributed by atoms with E-state index in [0.717, 1.165) is 6.42 Å². The van der Waals surface area contributed by atoms with Crippen LogP contribution in [0.25, 0.3) is 0 Å². The Labute approximate surface area is 109 Å². The van der Waals surface area contributed by atoms with Crippen LogP contribution in [-0.2, 0) is 0 Å². The van der Waals surface area contributed by atoms with Gasteiger partial charge < -0.3 is 11.1 Å². The lowest BCUT2D eigenvalue weighted by Gasteiger charge is -2.05. The molecule has 0 aliphatic rings. The van der Waals surface area contributed by atoms with Crippen LogP contribution in [-0.4, -0.2) is 17.4 Å². The first kappa shape index (κ1) is 14.5. The molecule has 1 rings (SSSR count). The minimum absolute atomic E-state index is 0.143. The van der Waals surface area contributed by atoms with Crippen molar-refractivity contribution in [3.8, 4) is 0 Å². The summed E-state index contributed by atoms with van der Waals surface area (Å²) in [6.07, 6.45) is 8.86. The van der Waals surface area contributed by atoms with Gasteiger partial charge in [0.15, 0.2) is 0 Å². The molecule has 0 aliphatic carbocycles. The Morgan fingerprint density at radius 2 is 2.00 bits per heavy atom. The number of pyridine rings is 1. The smallest absolute Gasteiger partial charge is 0.269 e. The van der Waals surface area contributed by atoms with E-state index < -0.39 is 0 Å². The predicted octanol–water partition coefficient (Wildman–Crippen LogP) is 2.75. The van der Waals surface area contributed by atoms with Gasteiger partial charge in [-0.2, -0.15) is 0 Å². The lowest BCUT2D eigenvalue weighted by atomic mass is 10.1. The van der Waals surface area contributed by atoms with Crippen molar-refractivity contribution in [1.82, 2.24) is 10.3 Å². The van der Waals surface area contributed by atoms with Gasteiger partial charge in [-0.05, 0) is 18.6 Å². The largest absolute Gasteiger partial charge is 0.399 e. The van der Waals surface area contributed by atoms with E-state index >= 15 is 0 Å². The van der Waals surface area contributed by atoms with E-state index in [1.165, 1.54) is 32.1 Å². The molecule has 1 aromatic rings. The molecule has 0 saturated heterocycles. The van der Waals surface area contributed by atoms with Crippen molar-refractivity contribution in [1.29, 1.82) is 0 Å². The zero-order valence-electron chi connectivity index (χ0n) is 11.1. The van der Waals surface area contributed by atoms with Gasteiger partial charge in [0.05, 0.1) is 0 Å². The van der Waals surface area contributed by atoms with E-state index in [0.29, 0.717) is 17.9 Å². The first-order chi connectivity index (χ1) is 8.74. The van der Waals surface area contributed by atoms with Gasteiger partial charge in [-0.15, -0.1) is 0 Å². The summed E-state index contributed by atoms with van der Waals surface area (Å²) in [5, 5.41) is 2.86. The number of carbonyl (C=O) groups excluding carboxylic acids is 1. The summed E-state index contributed by atoms with van der Waals surface area (Å²) in [5.41, 5.74) is 6.55. The van der Waals surface area contributed by atoms with Crippen LogP contribution in [0.5, 0.6) is 0 Å². The Morgan fingerprint density at radius 3 is 2.72 bits per heavy atom. The number of nitrogen functional groups attached to an aromatic ring is 1. The van der Waals surface area contributed by atoms with Gasteiger partial charge in [0, 0.05) is 18.4 Å². The van der Waals surface area contributed by atoms with Gasteiger partial charge in [-0.3, -0.25) is 9.78 Å². The van der Waals surface area contributed by atoms with Crippen LogP contribution >= 0.6 is 0 Å². The Balaban J connectivity index is 2.14. The molecular formula is C14H23N3O. The standard InChI is InChI=1S/C14H23N3O/c1-2-3-4-5-6-7-9-17-14(18)13-11-12(15)8-10-16-13/h8,10-11H,2-7,9H2,1H3,(H2,15,16)(H,17,18). The lowest BCUT2D eigenvalue weighted by Crippen LogP contribution is -2.25. The van der Waals surface area contributed by atoms with Crippen LogP contribution in [0.3, 0.4) is 0 Å². The molecule has 0 spiro atoms. The number of hydrogen-bond donors (Lipinski definition) is 2. The van der Waals surface area contributed by atoms with E-state index in [1.807, 2.05) is 0 Å². The third-order valence-electron chi connectivity index (χ3n) is 2.83. The zero-order chi connectivity index (χ0) is 13.2. The molecule has 0 aromatic carbocycles. The molecular weight excluding hydrogens is 226 g/mol. The van der Waals surface area contributed by atoms with Crippen LogP contribution in [0.4, 0.5) is 5.69 Å². The van der Waals surface area contributed by atoms with Crippen molar-refractivity contribution in [3.05, 3.63) is 24.0 Å². The highest BCUT2D eigenvalue weighted by atomic mass is 16.1. The number of nitrogens with two attached hydrogens (primary N) is 1. The van der Waals surface area contributed by atoms with Gasteiger partial charge in [-0.25, -0.2) is 0 Å². The maximum atomic E-state index is 11.7. The second-order valence-electron chi connectivity index (χ2n) is 4.50. The fraction of sp³-hybridized carbons (Fsp3) is 0.571. The minimum Gasteiger partial charge on any atom is -0.399 e. The lowest BCUT2D eigenvalue weighted by molar-refractivity contribution is 0.0948. The predicted molar refractivity (Wildman–Crippen MR) is 74.4 cm³/mol. The summed E-state index contributed by atoms with van der Waals surface area (Å²) < 4.78 is 0. The van der Waals surface area contributed by atoms with Crippen molar-refractivity contribution in [2.24, 2.45) is 0 Å². The normalized spacial score (nSPS) is 10.3. The van der Waals surface area contributed by atoms with Crippen LogP contribution < -0.4 is 11.1 Å². The zero-order valence-corrected chi connectivity index (χ0v) is 11.1. The second-order valence-corrected chi connectivity index (χ2v) is 4.50. The number of amides is 1. The highest BCUT2D eigenvalue weighted by molar-refractivity contribution is 5.92.